The van der Waals surface area contributed by atoms with Crippen molar-refractivity contribution in [2.45, 2.75) is 51.1 Å². The first kappa shape index (κ1) is 13.0. The van der Waals surface area contributed by atoms with E-state index in [1.807, 2.05) is 13.8 Å². The molecule has 3 fully saturated rings. The lowest BCUT2D eigenvalue weighted by Gasteiger charge is -2.40. The Balaban J connectivity index is 2.08. The van der Waals surface area contributed by atoms with Crippen LogP contribution in [-0.2, 0) is 14.3 Å². The van der Waals surface area contributed by atoms with Gasteiger partial charge in [0.15, 0.2) is 5.78 Å². The molecule has 2 N–H and O–H groups in total. The monoisotopic (exact) mass is 266 g/mol. The predicted octanol–water partition coefficient (Wildman–Crippen LogP) is 0.339. The number of hydrogen-bond acceptors (Lipinski definition) is 5. The molecule has 1 unspecified atom stereocenters. The molecule has 3 aliphatic rings. The number of rotatable bonds is 1. The van der Waals surface area contributed by atoms with Crippen LogP contribution in [0.3, 0.4) is 0 Å². The predicted molar refractivity (Wildman–Crippen MR) is 65.0 cm³/mol. The minimum atomic E-state index is -1.99. The van der Waals surface area contributed by atoms with E-state index in [0.29, 0.717) is 6.42 Å². The van der Waals surface area contributed by atoms with Gasteiger partial charge in [-0.2, -0.15) is 0 Å². The van der Waals surface area contributed by atoms with Crippen LogP contribution >= 0.6 is 0 Å². The highest BCUT2D eigenvalue weighted by molar-refractivity contribution is 6.07. The molecule has 1 spiro atoms. The highest BCUT2D eigenvalue weighted by Crippen LogP contribution is 2.75. The number of carbonyl (C=O) groups excluding carboxylic acids is 2. The molecule has 2 aliphatic carbocycles. The number of hydrogen-bond donors (Lipinski definition) is 2. The summed E-state index contributed by atoms with van der Waals surface area (Å²) < 4.78 is 5.58. The van der Waals surface area contributed by atoms with Gasteiger partial charge < -0.3 is 14.9 Å². The van der Waals surface area contributed by atoms with E-state index in [4.69, 9.17) is 4.74 Å². The number of aliphatic hydroxyl groups is 2. The number of Topliss-reactive ketones (excluding diaryl/α,β-unsaturated/α-hetero) is 1. The minimum absolute atomic E-state index is 0.0252. The first-order chi connectivity index (χ1) is 8.65. The maximum Gasteiger partial charge on any atom is 0.240 e. The number of ketones is 2. The average Bonchev–Trinajstić information content (AvgIpc) is 2.97. The van der Waals surface area contributed by atoms with Crippen LogP contribution in [0, 0.1) is 11.3 Å². The van der Waals surface area contributed by atoms with Crippen LogP contribution in [0.25, 0.3) is 0 Å². The summed E-state index contributed by atoms with van der Waals surface area (Å²) in [5, 5.41) is 21.0. The third-order valence-corrected chi connectivity index (χ3v) is 4.87. The Bertz CT molecular complexity index is 520. The van der Waals surface area contributed by atoms with Crippen LogP contribution in [0.15, 0.2) is 11.6 Å². The van der Waals surface area contributed by atoms with E-state index in [2.05, 4.69) is 0 Å². The molecule has 1 saturated heterocycles. The van der Waals surface area contributed by atoms with Gasteiger partial charge in [0.05, 0.1) is 17.1 Å². The first-order valence-electron chi connectivity index (χ1n) is 6.52. The smallest absolute Gasteiger partial charge is 0.240 e. The van der Waals surface area contributed by atoms with Crippen molar-refractivity contribution < 1.29 is 24.5 Å². The lowest BCUT2D eigenvalue weighted by Crippen LogP contribution is -2.57. The van der Waals surface area contributed by atoms with Crippen molar-refractivity contribution in [1.82, 2.24) is 0 Å². The normalized spacial score (nSPS) is 48.9. The fourth-order valence-corrected chi connectivity index (χ4v) is 3.99. The molecule has 1 aliphatic heterocycles. The van der Waals surface area contributed by atoms with E-state index in [0.717, 1.165) is 0 Å². The highest BCUT2D eigenvalue weighted by atomic mass is 16.7. The van der Waals surface area contributed by atoms with Crippen molar-refractivity contribution in [3.8, 4) is 0 Å². The van der Waals surface area contributed by atoms with Crippen LogP contribution < -0.4 is 0 Å². The Kier molecular flexibility index (Phi) is 2.28. The topological polar surface area (TPSA) is 83.8 Å². The van der Waals surface area contributed by atoms with Crippen LogP contribution in [0.2, 0.25) is 0 Å². The SMILES string of the molecule is CC(=O)/C=C1\C[C@H](O)C23C[C@H]2C(C)(C)O[C@]3(O)C1=O. The zero-order valence-corrected chi connectivity index (χ0v) is 11.3. The van der Waals surface area contributed by atoms with Crippen LogP contribution in [0.4, 0.5) is 0 Å². The van der Waals surface area contributed by atoms with Gasteiger partial charge in [0, 0.05) is 17.9 Å². The van der Waals surface area contributed by atoms with E-state index < -0.39 is 28.7 Å². The molecule has 0 amide bonds. The molecule has 0 aromatic rings. The number of aliphatic hydroxyl groups excluding tert-OH is 1. The van der Waals surface area contributed by atoms with Gasteiger partial charge in [-0.3, -0.25) is 9.59 Å². The summed E-state index contributed by atoms with van der Waals surface area (Å²) in [5.74, 6) is -2.86. The van der Waals surface area contributed by atoms with Gasteiger partial charge in [-0.05, 0) is 33.3 Å². The Morgan fingerprint density at radius 1 is 1.47 bits per heavy atom. The standard InChI is InChI=1S/C14H18O5/c1-7(15)4-8-5-10(16)13-6-9(13)12(2,3)19-14(13,18)11(8)17/h4,9-10,16,18H,5-6H2,1-3H3/b8-4+/t9-,10-,13?,14+/m0/s1. The Morgan fingerprint density at radius 3 is 2.63 bits per heavy atom. The van der Waals surface area contributed by atoms with E-state index in [-0.39, 0.29) is 23.7 Å². The summed E-state index contributed by atoms with van der Waals surface area (Å²) in [5.41, 5.74) is -1.38. The van der Waals surface area contributed by atoms with E-state index in [1.54, 1.807) is 0 Å². The highest BCUT2D eigenvalue weighted by Gasteiger charge is 2.84. The van der Waals surface area contributed by atoms with Crippen molar-refractivity contribution in [3.05, 3.63) is 11.6 Å². The average molecular weight is 266 g/mol. The quantitative estimate of drug-likeness (QED) is 0.669. The molecule has 0 radical (unpaired) electrons. The number of carbonyl (C=O) groups is 2. The van der Waals surface area contributed by atoms with Gasteiger partial charge in [0.1, 0.15) is 0 Å². The fourth-order valence-electron chi connectivity index (χ4n) is 3.99. The van der Waals surface area contributed by atoms with Crippen molar-refractivity contribution >= 4 is 11.6 Å². The van der Waals surface area contributed by atoms with Crippen molar-refractivity contribution in [2.24, 2.45) is 11.3 Å². The molecule has 5 nitrogen and oxygen atoms in total. The van der Waals surface area contributed by atoms with Gasteiger partial charge in [0.2, 0.25) is 11.6 Å². The Hall–Kier alpha value is -1.04. The molecule has 4 atom stereocenters. The zero-order chi connectivity index (χ0) is 14.2. The van der Waals surface area contributed by atoms with Gasteiger partial charge in [-0.1, -0.05) is 0 Å². The number of allylic oxidation sites excluding steroid dienone is 1. The molecule has 2 saturated carbocycles. The summed E-state index contributed by atoms with van der Waals surface area (Å²) in [6, 6.07) is 0. The molecule has 1 heterocycles. The molecule has 5 heteroatoms. The van der Waals surface area contributed by atoms with Crippen molar-refractivity contribution in [1.29, 1.82) is 0 Å². The van der Waals surface area contributed by atoms with Gasteiger partial charge >= 0.3 is 0 Å². The van der Waals surface area contributed by atoms with Crippen LogP contribution in [0.5, 0.6) is 0 Å². The molecule has 104 valence electrons. The molecule has 0 aromatic heterocycles. The van der Waals surface area contributed by atoms with Crippen molar-refractivity contribution in [3.63, 3.8) is 0 Å². The molecular formula is C14H18O5. The fraction of sp³-hybridized carbons (Fsp3) is 0.714. The second kappa shape index (κ2) is 3.34. The van der Waals surface area contributed by atoms with E-state index >= 15 is 0 Å². The second-order valence-corrected chi connectivity index (χ2v) is 6.48. The van der Waals surface area contributed by atoms with Gasteiger partial charge in [-0.25, -0.2) is 0 Å². The summed E-state index contributed by atoms with van der Waals surface area (Å²) in [6.45, 7) is 4.97. The van der Waals surface area contributed by atoms with Gasteiger partial charge in [-0.15, -0.1) is 0 Å². The first-order valence-corrected chi connectivity index (χ1v) is 6.52. The Morgan fingerprint density at radius 2 is 2.11 bits per heavy atom. The van der Waals surface area contributed by atoms with Crippen molar-refractivity contribution in [2.75, 3.05) is 0 Å². The lowest BCUT2D eigenvalue weighted by molar-refractivity contribution is -0.255. The maximum absolute atomic E-state index is 12.4. The van der Waals surface area contributed by atoms with E-state index in [1.165, 1.54) is 13.0 Å². The zero-order valence-electron chi connectivity index (χ0n) is 11.3. The summed E-state index contributed by atoms with van der Waals surface area (Å²) in [7, 11) is 0. The third-order valence-electron chi connectivity index (χ3n) is 4.87. The summed E-state index contributed by atoms with van der Waals surface area (Å²) >= 11 is 0. The van der Waals surface area contributed by atoms with E-state index in [9.17, 15) is 19.8 Å². The third kappa shape index (κ3) is 1.35. The molecule has 0 bridgehead atoms. The summed E-state index contributed by atoms with van der Waals surface area (Å²) in [4.78, 5) is 23.6. The molecule has 19 heavy (non-hydrogen) atoms. The Labute approximate surface area is 111 Å². The second-order valence-electron chi connectivity index (χ2n) is 6.48. The largest absolute Gasteiger partial charge is 0.392 e. The van der Waals surface area contributed by atoms with Crippen LogP contribution in [-0.4, -0.2) is 39.3 Å². The maximum atomic E-state index is 12.4. The van der Waals surface area contributed by atoms with Crippen LogP contribution in [0.1, 0.15) is 33.6 Å². The molecule has 0 aromatic carbocycles. The van der Waals surface area contributed by atoms with Gasteiger partial charge in [0.25, 0.3) is 0 Å². The molecular weight excluding hydrogens is 248 g/mol. The molecule has 3 rings (SSSR count). The number of ether oxygens (including phenoxy) is 1. The minimum Gasteiger partial charge on any atom is -0.392 e. The summed E-state index contributed by atoms with van der Waals surface area (Å²) in [6.07, 6.45) is 1.02. The lowest BCUT2D eigenvalue weighted by atomic mass is 9.73.